The molecular weight excluding hydrogens is 246 g/mol. The molecule has 0 amide bonds. The minimum atomic E-state index is -0.459. The number of nitrogens with one attached hydrogen (secondary N) is 1. The molecule has 0 bridgehead atoms. The molecule has 1 aromatic carbocycles. The summed E-state index contributed by atoms with van der Waals surface area (Å²) >= 11 is 0. The minimum absolute atomic E-state index is 0.0106. The van der Waals surface area contributed by atoms with E-state index in [-0.39, 0.29) is 5.69 Å². The lowest BCUT2D eigenvalue weighted by atomic mass is 10.2. The van der Waals surface area contributed by atoms with Gasteiger partial charge in [-0.15, -0.1) is 0 Å². The number of benzene rings is 1. The summed E-state index contributed by atoms with van der Waals surface area (Å²) in [7, 11) is 1.82. The Bertz CT molecular complexity index is 587. The van der Waals surface area contributed by atoms with Gasteiger partial charge in [-0.05, 0) is 19.2 Å². The topological polar surface area (TPSA) is 77.3 Å². The Hall–Kier alpha value is -2.47. The van der Waals surface area contributed by atoms with Crippen LogP contribution in [0.4, 0.5) is 5.69 Å². The molecule has 0 aliphatic carbocycles. The van der Waals surface area contributed by atoms with Crippen LogP contribution in [0.3, 0.4) is 0 Å². The Morgan fingerprint density at radius 3 is 2.95 bits per heavy atom. The zero-order chi connectivity index (χ0) is 13.7. The van der Waals surface area contributed by atoms with Crippen molar-refractivity contribution in [3.05, 3.63) is 58.3 Å². The second-order valence-electron chi connectivity index (χ2n) is 3.85. The SMILES string of the molecule is CNCc1cccnc1Oc1cccc([N+](=O)[O-])c1. The van der Waals surface area contributed by atoms with Gasteiger partial charge in [0.25, 0.3) is 5.69 Å². The predicted octanol–water partition coefficient (Wildman–Crippen LogP) is 2.50. The summed E-state index contributed by atoms with van der Waals surface area (Å²) in [4.78, 5) is 14.4. The number of hydrogen-bond donors (Lipinski definition) is 1. The molecule has 98 valence electrons. The Kier molecular flexibility index (Phi) is 4.04. The van der Waals surface area contributed by atoms with Crippen LogP contribution in [0.2, 0.25) is 0 Å². The molecule has 0 saturated heterocycles. The van der Waals surface area contributed by atoms with Crippen molar-refractivity contribution < 1.29 is 9.66 Å². The molecular formula is C13H13N3O3. The number of non-ortho nitro benzene ring substituents is 1. The molecule has 0 radical (unpaired) electrons. The van der Waals surface area contributed by atoms with Gasteiger partial charge in [0.05, 0.1) is 11.0 Å². The number of ether oxygens (including phenoxy) is 1. The van der Waals surface area contributed by atoms with E-state index in [1.807, 2.05) is 19.2 Å². The van der Waals surface area contributed by atoms with E-state index in [2.05, 4.69) is 10.3 Å². The van der Waals surface area contributed by atoms with Crippen molar-refractivity contribution in [2.75, 3.05) is 7.05 Å². The summed E-state index contributed by atoms with van der Waals surface area (Å²) in [5.41, 5.74) is 0.875. The van der Waals surface area contributed by atoms with Crippen molar-refractivity contribution >= 4 is 5.69 Å². The number of rotatable bonds is 5. The molecule has 0 spiro atoms. The van der Waals surface area contributed by atoms with Crippen LogP contribution < -0.4 is 10.1 Å². The number of nitro groups is 1. The standard InChI is InChI=1S/C13H13N3O3/c1-14-9-10-4-3-7-15-13(10)19-12-6-2-5-11(8-12)16(17)18/h2-8,14H,9H2,1H3. The van der Waals surface area contributed by atoms with Gasteiger partial charge in [0.1, 0.15) is 5.75 Å². The number of hydrogen-bond acceptors (Lipinski definition) is 5. The number of pyridine rings is 1. The van der Waals surface area contributed by atoms with E-state index in [1.54, 1.807) is 18.3 Å². The first-order chi connectivity index (χ1) is 9.20. The van der Waals surface area contributed by atoms with E-state index in [1.165, 1.54) is 12.1 Å². The predicted molar refractivity (Wildman–Crippen MR) is 70.2 cm³/mol. The van der Waals surface area contributed by atoms with E-state index in [4.69, 9.17) is 4.74 Å². The van der Waals surface area contributed by atoms with Crippen LogP contribution in [0.15, 0.2) is 42.6 Å². The van der Waals surface area contributed by atoms with Crippen molar-refractivity contribution in [2.45, 2.75) is 6.54 Å². The Morgan fingerprint density at radius 1 is 1.37 bits per heavy atom. The molecule has 2 aromatic rings. The molecule has 1 aromatic heterocycles. The molecule has 0 fully saturated rings. The lowest BCUT2D eigenvalue weighted by Gasteiger charge is -2.09. The second kappa shape index (κ2) is 5.92. The molecule has 6 heteroatoms. The highest BCUT2D eigenvalue weighted by Crippen LogP contribution is 2.25. The summed E-state index contributed by atoms with van der Waals surface area (Å²) in [6, 6.07) is 9.72. The van der Waals surface area contributed by atoms with E-state index >= 15 is 0 Å². The zero-order valence-corrected chi connectivity index (χ0v) is 10.4. The van der Waals surface area contributed by atoms with E-state index < -0.39 is 4.92 Å². The van der Waals surface area contributed by atoms with Crippen LogP contribution in [0, 0.1) is 10.1 Å². The van der Waals surface area contributed by atoms with E-state index in [0.717, 1.165) is 5.56 Å². The van der Waals surface area contributed by atoms with Crippen LogP contribution in [-0.4, -0.2) is 17.0 Å². The molecule has 0 unspecified atom stereocenters. The van der Waals surface area contributed by atoms with Gasteiger partial charge in [-0.3, -0.25) is 10.1 Å². The first-order valence-electron chi connectivity index (χ1n) is 5.71. The van der Waals surface area contributed by atoms with Gasteiger partial charge in [-0.1, -0.05) is 12.1 Å². The van der Waals surface area contributed by atoms with Gasteiger partial charge in [-0.25, -0.2) is 4.98 Å². The molecule has 2 rings (SSSR count). The smallest absolute Gasteiger partial charge is 0.273 e. The highest BCUT2D eigenvalue weighted by atomic mass is 16.6. The number of nitrogens with zero attached hydrogens (tertiary/aromatic N) is 2. The summed E-state index contributed by atoms with van der Waals surface area (Å²) in [5, 5.41) is 13.7. The van der Waals surface area contributed by atoms with Crippen molar-refractivity contribution in [3.63, 3.8) is 0 Å². The van der Waals surface area contributed by atoms with Crippen molar-refractivity contribution in [1.82, 2.24) is 10.3 Å². The Balaban J connectivity index is 2.26. The fraction of sp³-hybridized carbons (Fsp3) is 0.154. The van der Waals surface area contributed by atoms with Crippen molar-refractivity contribution in [3.8, 4) is 11.6 Å². The maximum Gasteiger partial charge on any atom is 0.273 e. The van der Waals surface area contributed by atoms with E-state index in [9.17, 15) is 10.1 Å². The number of aromatic nitrogens is 1. The molecule has 1 heterocycles. The normalized spacial score (nSPS) is 10.2. The van der Waals surface area contributed by atoms with Gasteiger partial charge in [-0.2, -0.15) is 0 Å². The van der Waals surface area contributed by atoms with Crippen LogP contribution in [0.25, 0.3) is 0 Å². The largest absolute Gasteiger partial charge is 0.438 e. The van der Waals surface area contributed by atoms with Gasteiger partial charge in [0.2, 0.25) is 5.88 Å². The van der Waals surface area contributed by atoms with Crippen molar-refractivity contribution in [2.24, 2.45) is 0 Å². The second-order valence-corrected chi connectivity index (χ2v) is 3.85. The molecule has 0 aliphatic rings. The molecule has 0 saturated carbocycles. The number of nitro benzene ring substituents is 1. The quantitative estimate of drug-likeness (QED) is 0.659. The summed E-state index contributed by atoms with van der Waals surface area (Å²) < 4.78 is 5.60. The first-order valence-corrected chi connectivity index (χ1v) is 5.71. The molecule has 1 N–H and O–H groups in total. The van der Waals surface area contributed by atoms with Crippen LogP contribution in [-0.2, 0) is 6.54 Å². The van der Waals surface area contributed by atoms with Crippen LogP contribution in [0.1, 0.15) is 5.56 Å². The third-order valence-corrected chi connectivity index (χ3v) is 2.46. The fourth-order valence-corrected chi connectivity index (χ4v) is 1.61. The third-order valence-electron chi connectivity index (χ3n) is 2.46. The highest BCUT2D eigenvalue weighted by molar-refractivity contribution is 5.40. The third kappa shape index (κ3) is 3.26. The van der Waals surface area contributed by atoms with Gasteiger partial charge in [0.15, 0.2) is 0 Å². The van der Waals surface area contributed by atoms with Crippen LogP contribution >= 0.6 is 0 Å². The highest BCUT2D eigenvalue weighted by Gasteiger charge is 2.09. The first kappa shape index (κ1) is 13.0. The van der Waals surface area contributed by atoms with Crippen LogP contribution in [0.5, 0.6) is 11.6 Å². The fourth-order valence-electron chi connectivity index (χ4n) is 1.61. The van der Waals surface area contributed by atoms with Gasteiger partial charge < -0.3 is 10.1 Å². The zero-order valence-electron chi connectivity index (χ0n) is 10.4. The maximum atomic E-state index is 10.7. The summed E-state index contributed by atoms with van der Waals surface area (Å²) in [6.45, 7) is 0.609. The molecule has 0 atom stereocenters. The average molecular weight is 259 g/mol. The van der Waals surface area contributed by atoms with E-state index in [0.29, 0.717) is 18.2 Å². The van der Waals surface area contributed by atoms with Crippen molar-refractivity contribution in [1.29, 1.82) is 0 Å². The summed E-state index contributed by atoms with van der Waals surface area (Å²) in [5.74, 6) is 0.836. The lowest BCUT2D eigenvalue weighted by molar-refractivity contribution is -0.384. The molecule has 0 aliphatic heterocycles. The van der Waals surface area contributed by atoms with Gasteiger partial charge in [0, 0.05) is 24.4 Å². The maximum absolute atomic E-state index is 10.7. The summed E-state index contributed by atoms with van der Waals surface area (Å²) in [6.07, 6.45) is 1.62. The Morgan fingerprint density at radius 2 is 2.21 bits per heavy atom. The average Bonchev–Trinajstić information content (AvgIpc) is 2.41. The van der Waals surface area contributed by atoms with Gasteiger partial charge >= 0.3 is 0 Å². The monoisotopic (exact) mass is 259 g/mol. The Labute approximate surface area is 110 Å². The minimum Gasteiger partial charge on any atom is -0.438 e. The molecule has 19 heavy (non-hydrogen) atoms. The molecule has 6 nitrogen and oxygen atoms in total. The lowest BCUT2D eigenvalue weighted by Crippen LogP contribution is -2.07.